The van der Waals surface area contributed by atoms with Crippen LogP contribution in [0, 0.1) is 6.92 Å². The molecule has 0 aliphatic carbocycles. The van der Waals surface area contributed by atoms with E-state index in [1.807, 2.05) is 97.9 Å². The number of hydrogen-bond acceptors (Lipinski definition) is 6. The summed E-state index contributed by atoms with van der Waals surface area (Å²) >= 11 is 0. The van der Waals surface area contributed by atoms with E-state index in [2.05, 4.69) is 24.2 Å². The summed E-state index contributed by atoms with van der Waals surface area (Å²) in [6, 6.07) is 30.9. The second kappa shape index (κ2) is 10.5. The maximum atomic E-state index is 13.7. The first kappa shape index (κ1) is 25.1. The summed E-state index contributed by atoms with van der Waals surface area (Å²) in [5, 5.41) is 6.03. The van der Waals surface area contributed by atoms with Gasteiger partial charge in [0.25, 0.3) is 5.56 Å². The second-order valence-electron chi connectivity index (χ2n) is 9.86. The lowest BCUT2D eigenvalue weighted by Crippen LogP contribution is -2.20. The number of aryl methyl sites for hydroxylation is 1. The van der Waals surface area contributed by atoms with Gasteiger partial charge in [0.15, 0.2) is 5.76 Å². The third-order valence-electron chi connectivity index (χ3n) is 6.70. The molecule has 7 nitrogen and oxygen atoms in total. The molecule has 0 saturated heterocycles. The van der Waals surface area contributed by atoms with Crippen LogP contribution in [0.1, 0.15) is 16.7 Å². The van der Waals surface area contributed by atoms with E-state index in [4.69, 9.17) is 14.1 Å². The molecule has 6 rings (SSSR count). The number of nitrogens with zero attached hydrogens (tertiary/aromatic N) is 4. The summed E-state index contributed by atoms with van der Waals surface area (Å²) in [5.74, 6) is 1.44. The van der Waals surface area contributed by atoms with Crippen molar-refractivity contribution in [2.24, 2.45) is 5.10 Å². The Balaban J connectivity index is 1.45. The highest BCUT2D eigenvalue weighted by Crippen LogP contribution is 2.28. The van der Waals surface area contributed by atoms with E-state index in [0.717, 1.165) is 22.2 Å². The number of aromatic nitrogens is 2. The molecule has 2 aromatic heterocycles. The van der Waals surface area contributed by atoms with Crippen molar-refractivity contribution >= 4 is 33.8 Å². The number of benzene rings is 4. The molecule has 7 heteroatoms. The molecule has 0 amide bonds. The van der Waals surface area contributed by atoms with Crippen LogP contribution >= 0.6 is 0 Å². The summed E-state index contributed by atoms with van der Waals surface area (Å²) in [6.45, 7) is 2.46. The third-order valence-corrected chi connectivity index (χ3v) is 6.70. The van der Waals surface area contributed by atoms with Crippen LogP contribution in [0.3, 0.4) is 0 Å². The van der Waals surface area contributed by atoms with Crippen LogP contribution in [0.5, 0.6) is 5.75 Å². The van der Waals surface area contributed by atoms with E-state index >= 15 is 0 Å². The Labute approximate surface area is 231 Å². The number of ether oxygens (including phenoxy) is 1. The minimum Gasteiger partial charge on any atom is -0.488 e. The molecule has 0 spiro atoms. The quantitative estimate of drug-likeness (QED) is 0.217. The van der Waals surface area contributed by atoms with E-state index in [-0.39, 0.29) is 5.56 Å². The summed E-state index contributed by atoms with van der Waals surface area (Å²) in [4.78, 5) is 20.4. The van der Waals surface area contributed by atoms with Crippen molar-refractivity contribution in [3.63, 3.8) is 0 Å². The summed E-state index contributed by atoms with van der Waals surface area (Å²) < 4.78 is 13.7. The Morgan fingerprint density at radius 2 is 1.77 bits per heavy atom. The molecule has 4 aromatic carbocycles. The number of hydrogen-bond donors (Lipinski definition) is 0. The van der Waals surface area contributed by atoms with Crippen molar-refractivity contribution in [1.29, 1.82) is 0 Å². The van der Waals surface area contributed by atoms with Gasteiger partial charge in [-0.15, -0.1) is 0 Å². The highest BCUT2D eigenvalue weighted by Gasteiger charge is 2.16. The first-order chi connectivity index (χ1) is 19.5. The maximum absolute atomic E-state index is 13.7. The van der Waals surface area contributed by atoms with Gasteiger partial charge in [-0.25, -0.2) is 4.98 Å². The minimum atomic E-state index is -0.288. The minimum absolute atomic E-state index is 0.288. The number of furan rings is 1. The van der Waals surface area contributed by atoms with E-state index in [9.17, 15) is 4.79 Å². The van der Waals surface area contributed by atoms with Crippen molar-refractivity contribution in [2.45, 2.75) is 13.5 Å². The molecular formula is C33H28N4O3. The molecule has 6 aromatic rings. The van der Waals surface area contributed by atoms with Crippen molar-refractivity contribution in [3.05, 3.63) is 124 Å². The van der Waals surface area contributed by atoms with Crippen LogP contribution in [0.15, 0.2) is 111 Å². The first-order valence-electron chi connectivity index (χ1n) is 13.0. The van der Waals surface area contributed by atoms with Gasteiger partial charge >= 0.3 is 0 Å². The first-order valence-corrected chi connectivity index (χ1v) is 13.0. The van der Waals surface area contributed by atoms with Crippen molar-refractivity contribution in [1.82, 2.24) is 9.66 Å². The maximum Gasteiger partial charge on any atom is 0.282 e. The molecule has 0 N–H and O–H groups in total. The zero-order chi connectivity index (χ0) is 27.6. The van der Waals surface area contributed by atoms with Gasteiger partial charge in [0.1, 0.15) is 17.9 Å². The Morgan fingerprint density at radius 1 is 0.950 bits per heavy atom. The smallest absolute Gasteiger partial charge is 0.282 e. The SMILES string of the molecule is Cc1cccc(COc2cc(N(C)C)ccc2C=Nn2c(-c3cc4ccccc4o3)nc3ccccc3c2=O)c1. The monoisotopic (exact) mass is 528 g/mol. The van der Waals surface area contributed by atoms with Crippen LogP contribution in [0.4, 0.5) is 5.69 Å². The fraction of sp³-hybridized carbons (Fsp3) is 0.121. The fourth-order valence-corrected chi connectivity index (χ4v) is 4.60. The molecule has 0 fully saturated rings. The molecule has 2 heterocycles. The number of fused-ring (bicyclic) bond motifs is 2. The average molecular weight is 529 g/mol. The van der Waals surface area contributed by atoms with Gasteiger partial charge in [-0.1, -0.05) is 60.2 Å². The number of rotatable bonds is 7. The number of para-hydroxylation sites is 2. The average Bonchev–Trinajstić information content (AvgIpc) is 3.40. The molecule has 0 radical (unpaired) electrons. The second-order valence-corrected chi connectivity index (χ2v) is 9.86. The number of anilines is 1. The summed E-state index contributed by atoms with van der Waals surface area (Å²) in [5.41, 5.74) is 4.96. The molecule has 0 bridgehead atoms. The largest absolute Gasteiger partial charge is 0.488 e. The van der Waals surface area contributed by atoms with Crippen molar-refractivity contribution in [3.8, 4) is 17.3 Å². The Hall–Kier alpha value is -5.17. The van der Waals surface area contributed by atoms with E-state index in [1.165, 1.54) is 10.2 Å². The predicted molar refractivity (Wildman–Crippen MR) is 160 cm³/mol. The van der Waals surface area contributed by atoms with Crippen molar-refractivity contribution < 1.29 is 9.15 Å². The van der Waals surface area contributed by atoms with Crippen LogP contribution in [-0.4, -0.2) is 30.0 Å². The Kier molecular flexibility index (Phi) is 6.62. The molecule has 0 unspecified atom stereocenters. The van der Waals surface area contributed by atoms with Gasteiger partial charge in [-0.2, -0.15) is 9.78 Å². The lowest BCUT2D eigenvalue weighted by atomic mass is 10.1. The van der Waals surface area contributed by atoms with E-state index in [0.29, 0.717) is 40.4 Å². The summed E-state index contributed by atoms with van der Waals surface area (Å²) in [6.07, 6.45) is 1.63. The van der Waals surface area contributed by atoms with E-state index < -0.39 is 0 Å². The molecule has 0 aliphatic heterocycles. The van der Waals surface area contributed by atoms with Crippen LogP contribution in [0.25, 0.3) is 33.5 Å². The van der Waals surface area contributed by atoms with Gasteiger partial charge in [0.05, 0.1) is 17.1 Å². The van der Waals surface area contributed by atoms with Crippen LogP contribution < -0.4 is 15.2 Å². The lowest BCUT2D eigenvalue weighted by Gasteiger charge is -2.16. The molecule has 0 aliphatic rings. The van der Waals surface area contributed by atoms with Gasteiger partial charge in [0, 0.05) is 36.8 Å². The van der Waals surface area contributed by atoms with Crippen molar-refractivity contribution in [2.75, 3.05) is 19.0 Å². The zero-order valence-electron chi connectivity index (χ0n) is 22.5. The van der Waals surface area contributed by atoms with Gasteiger partial charge in [0.2, 0.25) is 5.82 Å². The predicted octanol–water partition coefficient (Wildman–Crippen LogP) is 6.65. The Morgan fingerprint density at radius 3 is 2.60 bits per heavy atom. The standard InChI is InChI=1S/C33H28N4O3/c1-22-9-8-10-23(17-22)21-39-30-19-26(36(2)3)16-15-25(30)20-34-37-32(31-18-24-11-4-7-14-29(24)40-31)35-28-13-6-5-12-27(28)33(37)38/h4-20H,21H2,1-3H3. The van der Waals surface area contributed by atoms with Crippen LogP contribution in [-0.2, 0) is 6.61 Å². The highest BCUT2D eigenvalue weighted by molar-refractivity contribution is 5.86. The topological polar surface area (TPSA) is 72.9 Å². The summed E-state index contributed by atoms with van der Waals surface area (Å²) in [7, 11) is 3.96. The zero-order valence-corrected chi connectivity index (χ0v) is 22.5. The molecule has 198 valence electrons. The lowest BCUT2D eigenvalue weighted by molar-refractivity contribution is 0.306. The van der Waals surface area contributed by atoms with Gasteiger partial charge in [-0.3, -0.25) is 4.79 Å². The third kappa shape index (κ3) is 4.97. The molecule has 0 atom stereocenters. The molecule has 0 saturated carbocycles. The Bertz CT molecular complexity index is 1900. The van der Waals surface area contributed by atoms with Gasteiger partial charge in [-0.05, 0) is 48.9 Å². The highest BCUT2D eigenvalue weighted by atomic mass is 16.5. The molecular weight excluding hydrogens is 500 g/mol. The normalized spacial score (nSPS) is 11.5. The van der Waals surface area contributed by atoms with E-state index in [1.54, 1.807) is 12.3 Å². The van der Waals surface area contributed by atoms with Crippen LogP contribution in [0.2, 0.25) is 0 Å². The van der Waals surface area contributed by atoms with Gasteiger partial charge < -0.3 is 14.1 Å². The fourth-order valence-electron chi connectivity index (χ4n) is 4.60. The molecule has 40 heavy (non-hydrogen) atoms.